The highest BCUT2D eigenvalue weighted by molar-refractivity contribution is 7.80. The third-order valence-electron chi connectivity index (χ3n) is 5.21. The van der Waals surface area contributed by atoms with Crippen LogP contribution in [0.5, 0.6) is 0 Å². The van der Waals surface area contributed by atoms with Gasteiger partial charge in [0.15, 0.2) is 5.11 Å². The van der Waals surface area contributed by atoms with Crippen LogP contribution in [0, 0.1) is 0 Å². The number of carboxylic acid groups (broad SMARTS) is 1. The van der Waals surface area contributed by atoms with Gasteiger partial charge in [0.05, 0.1) is 29.9 Å². The molecule has 0 aliphatic carbocycles. The van der Waals surface area contributed by atoms with Gasteiger partial charge in [0.1, 0.15) is 0 Å². The van der Waals surface area contributed by atoms with E-state index >= 15 is 0 Å². The third kappa shape index (κ3) is 3.79. The Hall–Kier alpha value is -3.23. The van der Waals surface area contributed by atoms with Gasteiger partial charge in [0, 0.05) is 37.4 Å². The molecule has 0 amide bonds. The number of aromatic nitrogens is 2. The zero-order valence-corrected chi connectivity index (χ0v) is 17.2. The smallest absolute Gasteiger partial charge is 0.335 e. The molecule has 0 bridgehead atoms. The molecule has 1 fully saturated rings. The molecule has 2 N–H and O–H groups in total. The second-order valence-electron chi connectivity index (χ2n) is 6.97. The molecule has 30 heavy (non-hydrogen) atoms. The van der Waals surface area contributed by atoms with E-state index < -0.39 is 5.97 Å². The van der Waals surface area contributed by atoms with Crippen molar-refractivity contribution in [3.05, 3.63) is 83.9 Å². The van der Waals surface area contributed by atoms with Crippen molar-refractivity contribution in [2.45, 2.75) is 12.1 Å². The van der Waals surface area contributed by atoms with E-state index in [1.165, 1.54) is 0 Å². The Labute approximate surface area is 179 Å². The molecule has 3 aromatic rings. The molecule has 3 heterocycles. The summed E-state index contributed by atoms with van der Waals surface area (Å²) >= 11 is 5.64. The van der Waals surface area contributed by atoms with Crippen molar-refractivity contribution in [2.24, 2.45) is 0 Å². The lowest BCUT2D eigenvalue weighted by Gasteiger charge is -2.28. The number of hydrogen-bond acceptors (Lipinski definition) is 4. The molecule has 1 aliphatic heterocycles. The van der Waals surface area contributed by atoms with E-state index in [9.17, 15) is 9.90 Å². The number of aromatic carboxylic acids is 1. The number of rotatable bonds is 7. The predicted octanol–water partition coefficient (Wildman–Crippen LogP) is 3.19. The molecular formula is C22H22N4O3S. The number of benzene rings is 1. The Morgan fingerprint density at radius 3 is 2.67 bits per heavy atom. The van der Waals surface area contributed by atoms with Crippen molar-refractivity contribution in [1.82, 2.24) is 19.8 Å². The third-order valence-corrected chi connectivity index (χ3v) is 5.56. The molecule has 1 aromatic carbocycles. The van der Waals surface area contributed by atoms with Gasteiger partial charge in [-0.05, 0) is 60.7 Å². The predicted molar refractivity (Wildman–Crippen MR) is 117 cm³/mol. The van der Waals surface area contributed by atoms with Crippen LogP contribution >= 0.6 is 12.2 Å². The van der Waals surface area contributed by atoms with Gasteiger partial charge in [0.2, 0.25) is 0 Å². The lowest BCUT2D eigenvalue weighted by Crippen LogP contribution is -2.33. The van der Waals surface area contributed by atoms with Gasteiger partial charge >= 0.3 is 5.97 Å². The van der Waals surface area contributed by atoms with Crippen LogP contribution < -0.4 is 5.32 Å². The van der Waals surface area contributed by atoms with Crippen LogP contribution in [0.25, 0.3) is 5.69 Å². The fourth-order valence-electron chi connectivity index (χ4n) is 3.79. The standard InChI is InChI=1S/C22H22N4O3S/c1-29-14-13-26-20(19(24-22(26)30)17-5-2-3-11-23-17)18-6-4-12-25(18)16-9-7-15(8-10-16)21(27)28/h2-12,19-20H,13-14H2,1H3,(H,24,30)(H,27,28)/t19-,20-/m1/s1. The Morgan fingerprint density at radius 2 is 2.00 bits per heavy atom. The van der Waals surface area contributed by atoms with Crippen LogP contribution in [0.3, 0.4) is 0 Å². The van der Waals surface area contributed by atoms with Gasteiger partial charge in [-0.3, -0.25) is 4.98 Å². The maximum Gasteiger partial charge on any atom is 0.335 e. The Kier molecular flexibility index (Phi) is 5.78. The van der Waals surface area contributed by atoms with E-state index in [-0.39, 0.29) is 17.6 Å². The van der Waals surface area contributed by atoms with Gasteiger partial charge < -0.3 is 24.6 Å². The lowest BCUT2D eigenvalue weighted by molar-refractivity contribution is 0.0697. The monoisotopic (exact) mass is 422 g/mol. The summed E-state index contributed by atoms with van der Waals surface area (Å²) in [6.45, 7) is 1.18. The highest BCUT2D eigenvalue weighted by atomic mass is 32.1. The number of carboxylic acids is 1. The van der Waals surface area contributed by atoms with Gasteiger partial charge in [-0.2, -0.15) is 0 Å². The van der Waals surface area contributed by atoms with E-state index in [2.05, 4.69) is 25.8 Å². The van der Waals surface area contributed by atoms with E-state index in [1.54, 1.807) is 25.4 Å². The molecule has 8 heteroatoms. The van der Waals surface area contributed by atoms with E-state index in [4.69, 9.17) is 17.0 Å². The number of ether oxygens (including phenoxy) is 1. The number of nitrogens with one attached hydrogen (secondary N) is 1. The molecule has 154 valence electrons. The van der Waals surface area contributed by atoms with Crippen molar-refractivity contribution in [3.8, 4) is 5.69 Å². The van der Waals surface area contributed by atoms with Gasteiger partial charge in [-0.25, -0.2) is 4.79 Å². The summed E-state index contributed by atoms with van der Waals surface area (Å²) in [5.41, 5.74) is 3.06. The van der Waals surface area contributed by atoms with E-state index in [1.807, 2.05) is 42.6 Å². The average Bonchev–Trinajstić information content (AvgIpc) is 3.37. The highest BCUT2D eigenvalue weighted by Crippen LogP contribution is 2.39. The maximum atomic E-state index is 11.2. The Morgan fingerprint density at radius 1 is 1.20 bits per heavy atom. The summed E-state index contributed by atoms with van der Waals surface area (Å²) in [6, 6.07) is 16.5. The Bertz CT molecular complexity index is 1040. The van der Waals surface area contributed by atoms with Gasteiger partial charge in [-0.15, -0.1) is 0 Å². The molecule has 1 aliphatic rings. The zero-order valence-electron chi connectivity index (χ0n) is 16.4. The van der Waals surface area contributed by atoms with Crippen molar-refractivity contribution in [1.29, 1.82) is 0 Å². The fourth-order valence-corrected chi connectivity index (χ4v) is 4.12. The molecule has 1 saturated heterocycles. The molecule has 2 atom stereocenters. The number of pyridine rings is 1. The molecular weight excluding hydrogens is 400 g/mol. The van der Waals surface area contributed by atoms with Crippen molar-refractivity contribution >= 4 is 23.3 Å². The summed E-state index contributed by atoms with van der Waals surface area (Å²) in [7, 11) is 1.67. The van der Waals surface area contributed by atoms with Gasteiger partial charge in [-0.1, -0.05) is 6.07 Å². The number of nitrogens with zero attached hydrogens (tertiary/aromatic N) is 3. The number of thiocarbonyl (C=S) groups is 1. The van der Waals surface area contributed by atoms with Crippen LogP contribution in [0.4, 0.5) is 0 Å². The first kappa shape index (κ1) is 20.1. The fraction of sp³-hybridized carbons (Fsp3) is 0.227. The van der Waals surface area contributed by atoms with Crippen molar-refractivity contribution < 1.29 is 14.6 Å². The summed E-state index contributed by atoms with van der Waals surface area (Å²) in [4.78, 5) is 17.9. The summed E-state index contributed by atoms with van der Waals surface area (Å²) < 4.78 is 7.36. The number of hydrogen-bond donors (Lipinski definition) is 2. The van der Waals surface area contributed by atoms with Crippen LogP contribution in [0.15, 0.2) is 67.0 Å². The van der Waals surface area contributed by atoms with Crippen LogP contribution in [0.1, 0.15) is 33.8 Å². The normalized spacial score (nSPS) is 18.4. The summed E-state index contributed by atoms with van der Waals surface area (Å²) in [5.74, 6) is -0.944. The minimum atomic E-state index is -0.944. The van der Waals surface area contributed by atoms with Crippen LogP contribution in [-0.2, 0) is 4.74 Å². The second-order valence-corrected chi connectivity index (χ2v) is 7.35. The second kappa shape index (κ2) is 8.64. The van der Waals surface area contributed by atoms with Crippen molar-refractivity contribution in [3.63, 3.8) is 0 Å². The maximum absolute atomic E-state index is 11.2. The topological polar surface area (TPSA) is 79.6 Å². The lowest BCUT2D eigenvalue weighted by atomic mass is 10.0. The quantitative estimate of drug-likeness (QED) is 0.566. The van der Waals surface area contributed by atoms with Crippen LogP contribution in [-0.4, -0.2) is 50.9 Å². The first-order valence-electron chi connectivity index (χ1n) is 9.58. The average molecular weight is 423 g/mol. The number of carbonyl (C=O) groups is 1. The zero-order chi connectivity index (χ0) is 21.1. The molecule has 2 aromatic heterocycles. The van der Waals surface area contributed by atoms with Gasteiger partial charge in [0.25, 0.3) is 0 Å². The molecule has 0 radical (unpaired) electrons. The summed E-state index contributed by atoms with van der Waals surface area (Å²) in [6.07, 6.45) is 3.75. The summed E-state index contributed by atoms with van der Waals surface area (Å²) in [5, 5.41) is 13.3. The first-order chi connectivity index (χ1) is 14.6. The molecule has 0 unspecified atom stereocenters. The highest BCUT2D eigenvalue weighted by Gasteiger charge is 2.41. The molecule has 0 saturated carbocycles. The van der Waals surface area contributed by atoms with E-state index in [0.29, 0.717) is 18.3 Å². The molecule has 0 spiro atoms. The minimum Gasteiger partial charge on any atom is -0.478 e. The SMILES string of the molecule is COCCN1C(=S)N[C@H](c2ccccn2)[C@H]1c1cccn1-c1ccc(C(=O)O)cc1. The first-order valence-corrected chi connectivity index (χ1v) is 9.99. The molecule has 4 rings (SSSR count). The largest absolute Gasteiger partial charge is 0.478 e. The number of methoxy groups -OCH3 is 1. The van der Waals surface area contributed by atoms with E-state index in [0.717, 1.165) is 17.1 Å². The molecule has 7 nitrogen and oxygen atoms in total. The van der Waals surface area contributed by atoms with Crippen molar-refractivity contribution in [2.75, 3.05) is 20.3 Å². The van der Waals surface area contributed by atoms with Crippen LogP contribution in [0.2, 0.25) is 0 Å². The Balaban J connectivity index is 1.76. The minimum absolute atomic E-state index is 0.100.